The van der Waals surface area contributed by atoms with Gasteiger partial charge in [0.1, 0.15) is 10.6 Å². The van der Waals surface area contributed by atoms with Crippen molar-refractivity contribution in [2.75, 3.05) is 11.9 Å². The van der Waals surface area contributed by atoms with Gasteiger partial charge in [-0.1, -0.05) is 0 Å². The zero-order chi connectivity index (χ0) is 20.1. The average molecular weight is 397 g/mol. The van der Waals surface area contributed by atoms with Crippen LogP contribution in [0.2, 0.25) is 0 Å². The van der Waals surface area contributed by atoms with Crippen LogP contribution in [0.3, 0.4) is 0 Å². The van der Waals surface area contributed by atoms with Crippen LogP contribution in [0.15, 0.2) is 54.2 Å². The average Bonchev–Trinajstić information content (AvgIpc) is 3.12. The predicted octanol–water partition coefficient (Wildman–Crippen LogP) is 4.15. The number of amides is 1. The number of aromatic nitrogens is 1. The Morgan fingerprint density at radius 3 is 2.46 bits per heavy atom. The molecule has 1 N–H and O–H groups in total. The van der Waals surface area contributed by atoms with E-state index in [0.717, 1.165) is 0 Å². The minimum absolute atomic E-state index is 0.0529. The van der Waals surface area contributed by atoms with Gasteiger partial charge in [0.25, 0.3) is 11.6 Å². The van der Waals surface area contributed by atoms with Gasteiger partial charge < -0.3 is 10.1 Å². The Morgan fingerprint density at radius 2 is 1.86 bits per heavy atom. The highest BCUT2D eigenvalue weighted by molar-refractivity contribution is 7.15. The van der Waals surface area contributed by atoms with Crippen LogP contribution in [0, 0.1) is 10.1 Å². The van der Waals surface area contributed by atoms with Gasteiger partial charge in [-0.05, 0) is 36.8 Å². The Morgan fingerprint density at radius 1 is 1.18 bits per heavy atom. The van der Waals surface area contributed by atoms with Crippen LogP contribution in [0.4, 0.5) is 10.7 Å². The molecule has 0 saturated heterocycles. The molecule has 9 heteroatoms. The van der Waals surface area contributed by atoms with Crippen molar-refractivity contribution in [1.29, 1.82) is 0 Å². The number of nitrogens with zero attached hydrogens (tertiary/aromatic N) is 2. The van der Waals surface area contributed by atoms with Gasteiger partial charge in [0, 0.05) is 41.0 Å². The van der Waals surface area contributed by atoms with E-state index in [9.17, 15) is 19.7 Å². The molecule has 0 aliphatic carbocycles. The molecule has 0 spiro atoms. The fourth-order valence-electron chi connectivity index (χ4n) is 2.51. The zero-order valence-corrected chi connectivity index (χ0v) is 15.6. The lowest BCUT2D eigenvalue weighted by Crippen LogP contribution is -2.14. The van der Waals surface area contributed by atoms with Gasteiger partial charge in [0.15, 0.2) is 0 Å². The Kier molecular flexibility index (Phi) is 5.75. The summed E-state index contributed by atoms with van der Waals surface area (Å²) in [5.74, 6) is -0.966. The molecule has 0 radical (unpaired) electrons. The lowest BCUT2D eigenvalue weighted by atomic mass is 10.0. The number of carbonyl (C=O) groups is 2. The Labute approximate surface area is 164 Å². The van der Waals surface area contributed by atoms with Gasteiger partial charge in [-0.25, -0.2) is 4.79 Å². The van der Waals surface area contributed by atoms with Gasteiger partial charge in [0.05, 0.1) is 11.5 Å². The maximum atomic E-state index is 12.5. The zero-order valence-electron chi connectivity index (χ0n) is 14.7. The van der Waals surface area contributed by atoms with E-state index < -0.39 is 10.9 Å². The Bertz CT molecular complexity index is 1020. The van der Waals surface area contributed by atoms with Crippen molar-refractivity contribution in [3.8, 4) is 11.1 Å². The van der Waals surface area contributed by atoms with E-state index in [-0.39, 0.29) is 23.8 Å². The molecule has 2 heterocycles. The number of carbonyl (C=O) groups excluding carboxylic acids is 2. The van der Waals surface area contributed by atoms with E-state index in [1.54, 1.807) is 36.6 Å². The van der Waals surface area contributed by atoms with Crippen LogP contribution >= 0.6 is 11.3 Å². The normalized spacial score (nSPS) is 10.3. The quantitative estimate of drug-likeness (QED) is 0.380. The van der Waals surface area contributed by atoms with Crippen LogP contribution in [-0.2, 0) is 4.74 Å². The number of anilines is 1. The minimum Gasteiger partial charge on any atom is -0.462 e. The summed E-state index contributed by atoms with van der Waals surface area (Å²) in [6.07, 6.45) is 3.00. The third-order valence-electron chi connectivity index (χ3n) is 3.83. The summed E-state index contributed by atoms with van der Waals surface area (Å²) in [4.78, 5) is 39.2. The molecule has 3 aromatic rings. The number of nitro groups is 1. The van der Waals surface area contributed by atoms with Crippen LogP contribution in [0.1, 0.15) is 27.6 Å². The van der Waals surface area contributed by atoms with Crippen LogP contribution in [-0.4, -0.2) is 28.4 Å². The summed E-state index contributed by atoms with van der Waals surface area (Å²) in [6.45, 7) is 1.86. The second kappa shape index (κ2) is 8.40. The molecule has 1 aromatic carbocycles. The first-order valence-corrected chi connectivity index (χ1v) is 9.14. The topological polar surface area (TPSA) is 111 Å². The highest BCUT2D eigenvalue weighted by Crippen LogP contribution is 2.37. The number of ether oxygens (including phenoxy) is 1. The van der Waals surface area contributed by atoms with Gasteiger partial charge in [-0.3, -0.25) is 19.9 Å². The molecular formula is C19H15N3O5S. The van der Waals surface area contributed by atoms with Crippen molar-refractivity contribution in [3.05, 3.63) is 75.4 Å². The maximum Gasteiger partial charge on any atom is 0.341 e. The number of non-ortho nitro benzene ring substituents is 1. The van der Waals surface area contributed by atoms with Crippen LogP contribution < -0.4 is 5.32 Å². The lowest BCUT2D eigenvalue weighted by molar-refractivity contribution is -0.384. The number of pyridine rings is 1. The molecule has 28 heavy (non-hydrogen) atoms. The van der Waals surface area contributed by atoms with E-state index in [1.807, 2.05) is 0 Å². The van der Waals surface area contributed by atoms with Crippen molar-refractivity contribution in [3.63, 3.8) is 0 Å². The molecule has 0 aliphatic rings. The molecule has 0 bridgehead atoms. The van der Waals surface area contributed by atoms with E-state index in [1.165, 1.54) is 35.9 Å². The third-order valence-corrected chi connectivity index (χ3v) is 4.72. The van der Waals surface area contributed by atoms with Crippen molar-refractivity contribution >= 4 is 33.9 Å². The van der Waals surface area contributed by atoms with Gasteiger partial charge in [0.2, 0.25) is 0 Å². The number of hydrogen-bond donors (Lipinski definition) is 1. The number of benzene rings is 1. The molecule has 3 rings (SSSR count). The number of hydrogen-bond acceptors (Lipinski definition) is 7. The van der Waals surface area contributed by atoms with E-state index in [0.29, 0.717) is 21.7 Å². The minimum atomic E-state index is -0.581. The summed E-state index contributed by atoms with van der Waals surface area (Å²) in [6, 6.07) is 8.94. The predicted molar refractivity (Wildman–Crippen MR) is 105 cm³/mol. The number of esters is 1. The van der Waals surface area contributed by atoms with Gasteiger partial charge >= 0.3 is 5.97 Å². The summed E-state index contributed by atoms with van der Waals surface area (Å²) < 4.78 is 5.14. The second-order valence-electron chi connectivity index (χ2n) is 5.57. The van der Waals surface area contributed by atoms with E-state index in [4.69, 9.17) is 4.74 Å². The first kappa shape index (κ1) is 19.2. The highest BCUT2D eigenvalue weighted by atomic mass is 32.1. The smallest absolute Gasteiger partial charge is 0.341 e. The Hall–Kier alpha value is -3.59. The summed E-state index contributed by atoms with van der Waals surface area (Å²) in [7, 11) is 0. The molecule has 142 valence electrons. The number of rotatable bonds is 6. The number of nitro benzene ring substituents is 1. The largest absolute Gasteiger partial charge is 0.462 e. The first-order chi connectivity index (χ1) is 13.5. The molecule has 2 aromatic heterocycles. The third kappa shape index (κ3) is 4.04. The monoisotopic (exact) mass is 397 g/mol. The van der Waals surface area contributed by atoms with Crippen molar-refractivity contribution in [1.82, 2.24) is 4.98 Å². The molecule has 0 saturated carbocycles. The molecule has 0 fully saturated rings. The molecule has 8 nitrogen and oxygen atoms in total. The molecule has 0 atom stereocenters. The van der Waals surface area contributed by atoms with Crippen LogP contribution in [0.5, 0.6) is 0 Å². The van der Waals surface area contributed by atoms with Gasteiger partial charge in [-0.2, -0.15) is 0 Å². The summed E-state index contributed by atoms with van der Waals surface area (Å²) in [5, 5.41) is 15.6. The maximum absolute atomic E-state index is 12.5. The second-order valence-corrected chi connectivity index (χ2v) is 6.45. The number of thiophene rings is 1. The van der Waals surface area contributed by atoms with Crippen LogP contribution in [0.25, 0.3) is 11.1 Å². The van der Waals surface area contributed by atoms with Crippen molar-refractivity contribution in [2.24, 2.45) is 0 Å². The molecular weight excluding hydrogens is 382 g/mol. The molecule has 0 unspecified atom stereocenters. The highest BCUT2D eigenvalue weighted by Gasteiger charge is 2.23. The first-order valence-electron chi connectivity index (χ1n) is 8.26. The lowest BCUT2D eigenvalue weighted by Gasteiger charge is -2.09. The summed E-state index contributed by atoms with van der Waals surface area (Å²) in [5.41, 5.74) is 1.69. The van der Waals surface area contributed by atoms with E-state index in [2.05, 4.69) is 10.3 Å². The standard InChI is InChI=1S/C19H15N3O5S/c1-2-27-19(24)16-15(12-3-5-14(6-4-12)22(25)26)11-28-18(16)21-17(23)13-7-9-20-10-8-13/h3-11H,2H2,1H3,(H,21,23). The Balaban J connectivity index is 1.98. The SMILES string of the molecule is CCOC(=O)c1c(-c2ccc([N+](=O)[O-])cc2)csc1NC(=O)c1ccncc1. The summed E-state index contributed by atoms with van der Waals surface area (Å²) >= 11 is 1.18. The van der Waals surface area contributed by atoms with E-state index >= 15 is 0 Å². The van der Waals surface area contributed by atoms with Crippen molar-refractivity contribution in [2.45, 2.75) is 6.92 Å². The number of nitrogens with one attached hydrogen (secondary N) is 1. The fraction of sp³-hybridized carbons (Fsp3) is 0.105. The molecule has 1 amide bonds. The fourth-order valence-corrected chi connectivity index (χ4v) is 3.46. The van der Waals surface area contributed by atoms with Gasteiger partial charge in [-0.15, -0.1) is 11.3 Å². The van der Waals surface area contributed by atoms with Crippen molar-refractivity contribution < 1.29 is 19.2 Å². The molecule has 0 aliphatic heterocycles.